The molecule has 0 aliphatic carbocycles. The number of thiazole rings is 1. The van der Waals surface area contributed by atoms with E-state index in [4.69, 9.17) is 5.73 Å². The van der Waals surface area contributed by atoms with Crippen molar-refractivity contribution in [2.45, 2.75) is 6.42 Å². The molecular formula is C16H13FN4O2S. The molecule has 0 saturated carbocycles. The van der Waals surface area contributed by atoms with E-state index in [0.29, 0.717) is 16.5 Å². The molecule has 24 heavy (non-hydrogen) atoms. The smallest absolute Gasteiger partial charge is 0.257 e. The third kappa shape index (κ3) is 3.49. The Morgan fingerprint density at radius 3 is 2.71 bits per heavy atom. The van der Waals surface area contributed by atoms with Gasteiger partial charge in [-0.05, 0) is 30.3 Å². The topological polar surface area (TPSA) is 90.0 Å². The molecular weight excluding hydrogens is 331 g/mol. The number of benzene rings is 1. The number of nitrogens with one attached hydrogen (secondary N) is 1. The number of nitrogens with zero attached hydrogens (tertiary/aromatic N) is 2. The lowest BCUT2D eigenvalue weighted by atomic mass is 10.2. The average molecular weight is 344 g/mol. The van der Waals surface area contributed by atoms with Gasteiger partial charge in [-0.25, -0.2) is 9.37 Å². The Labute approximate surface area is 140 Å². The second-order valence-corrected chi connectivity index (χ2v) is 5.86. The molecule has 0 aliphatic heterocycles. The van der Waals surface area contributed by atoms with Gasteiger partial charge in [0.05, 0.1) is 17.8 Å². The highest BCUT2D eigenvalue weighted by Crippen LogP contribution is 2.19. The monoisotopic (exact) mass is 344 g/mol. The highest BCUT2D eigenvalue weighted by Gasteiger charge is 2.13. The summed E-state index contributed by atoms with van der Waals surface area (Å²) in [6.07, 6.45) is 3.44. The molecule has 2 amide bonds. The molecule has 0 spiro atoms. The zero-order chi connectivity index (χ0) is 17.1. The van der Waals surface area contributed by atoms with Crippen LogP contribution in [0.5, 0.6) is 0 Å². The van der Waals surface area contributed by atoms with Gasteiger partial charge in [-0.2, -0.15) is 0 Å². The lowest BCUT2D eigenvalue weighted by molar-refractivity contribution is -0.117. The number of hydrogen-bond acceptors (Lipinski definition) is 4. The lowest BCUT2D eigenvalue weighted by Gasteiger charge is -2.07. The summed E-state index contributed by atoms with van der Waals surface area (Å²) in [5.41, 5.74) is 6.11. The molecule has 0 bridgehead atoms. The maximum absolute atomic E-state index is 14.2. The second kappa shape index (κ2) is 6.63. The molecule has 3 N–H and O–H groups in total. The molecule has 0 unspecified atom stereocenters. The molecule has 6 nitrogen and oxygen atoms in total. The van der Waals surface area contributed by atoms with Crippen molar-refractivity contribution < 1.29 is 14.0 Å². The van der Waals surface area contributed by atoms with Gasteiger partial charge >= 0.3 is 0 Å². The summed E-state index contributed by atoms with van der Waals surface area (Å²) >= 11 is 1.17. The summed E-state index contributed by atoms with van der Waals surface area (Å²) in [7, 11) is 0. The summed E-state index contributed by atoms with van der Waals surface area (Å²) < 4.78 is 15.8. The van der Waals surface area contributed by atoms with E-state index < -0.39 is 17.6 Å². The Morgan fingerprint density at radius 1 is 1.29 bits per heavy atom. The summed E-state index contributed by atoms with van der Waals surface area (Å²) in [4.78, 5) is 27.1. The zero-order valence-corrected chi connectivity index (χ0v) is 13.2. The molecule has 8 heteroatoms. The number of nitrogens with two attached hydrogens (primary N) is 1. The van der Waals surface area contributed by atoms with Gasteiger partial charge in [0.1, 0.15) is 5.82 Å². The van der Waals surface area contributed by atoms with Crippen LogP contribution in [0.4, 0.5) is 9.52 Å². The minimum Gasteiger partial charge on any atom is -0.369 e. The summed E-state index contributed by atoms with van der Waals surface area (Å²) in [6.45, 7) is 0. The van der Waals surface area contributed by atoms with Gasteiger partial charge in [0.25, 0.3) is 5.91 Å². The molecule has 0 fully saturated rings. The van der Waals surface area contributed by atoms with Crippen LogP contribution in [0.15, 0.2) is 48.1 Å². The fourth-order valence-electron chi connectivity index (χ4n) is 2.15. The van der Waals surface area contributed by atoms with Gasteiger partial charge in [0.15, 0.2) is 5.13 Å². The van der Waals surface area contributed by atoms with E-state index >= 15 is 0 Å². The molecule has 0 aliphatic rings. The number of carbonyl (C=O) groups excluding carboxylic acids is 2. The molecule has 0 radical (unpaired) electrons. The second-order valence-electron chi connectivity index (χ2n) is 5.00. The molecule has 0 saturated heterocycles. The van der Waals surface area contributed by atoms with Crippen LogP contribution in [0.25, 0.3) is 5.69 Å². The number of aromatic nitrogens is 2. The van der Waals surface area contributed by atoms with E-state index in [-0.39, 0.29) is 12.0 Å². The van der Waals surface area contributed by atoms with E-state index in [1.54, 1.807) is 34.5 Å². The molecule has 122 valence electrons. The van der Waals surface area contributed by atoms with Crippen LogP contribution in [0, 0.1) is 5.82 Å². The average Bonchev–Trinajstić information content (AvgIpc) is 3.18. The fraction of sp³-hybridized carbons (Fsp3) is 0.0625. The van der Waals surface area contributed by atoms with Gasteiger partial charge in [0, 0.05) is 23.3 Å². The molecule has 0 atom stereocenters. The first kappa shape index (κ1) is 15.9. The van der Waals surface area contributed by atoms with Crippen molar-refractivity contribution >= 4 is 28.3 Å². The van der Waals surface area contributed by atoms with Crippen LogP contribution >= 0.6 is 11.3 Å². The normalized spacial score (nSPS) is 10.5. The van der Waals surface area contributed by atoms with Gasteiger partial charge in [-0.1, -0.05) is 0 Å². The summed E-state index contributed by atoms with van der Waals surface area (Å²) in [5, 5.41) is 4.54. The Kier molecular flexibility index (Phi) is 4.39. The van der Waals surface area contributed by atoms with Crippen LogP contribution in [-0.4, -0.2) is 21.4 Å². The zero-order valence-electron chi connectivity index (χ0n) is 12.4. The van der Waals surface area contributed by atoms with E-state index in [2.05, 4.69) is 10.3 Å². The van der Waals surface area contributed by atoms with E-state index in [1.807, 2.05) is 0 Å². The summed E-state index contributed by atoms with van der Waals surface area (Å²) in [6, 6.07) is 7.80. The van der Waals surface area contributed by atoms with Crippen molar-refractivity contribution in [1.29, 1.82) is 0 Å². The van der Waals surface area contributed by atoms with Crippen molar-refractivity contribution in [3.8, 4) is 5.69 Å². The first-order valence-electron chi connectivity index (χ1n) is 7.00. The van der Waals surface area contributed by atoms with E-state index in [0.717, 1.165) is 0 Å². The summed E-state index contributed by atoms with van der Waals surface area (Å²) in [5.74, 6) is -1.49. The number of halogens is 1. The minimum absolute atomic E-state index is 0.00651. The SMILES string of the molecule is NC(=O)Cc1csc(NC(=O)c2ccc(-n3cccc3)c(F)c2)n1. The predicted octanol–water partition coefficient (Wildman–Crippen LogP) is 2.35. The number of primary amides is 1. The minimum atomic E-state index is -0.507. The third-order valence-electron chi connectivity index (χ3n) is 3.22. The van der Waals surface area contributed by atoms with Gasteiger partial charge in [-0.3, -0.25) is 14.9 Å². The van der Waals surface area contributed by atoms with Crippen LogP contribution < -0.4 is 11.1 Å². The maximum atomic E-state index is 14.2. The molecule has 2 heterocycles. The number of anilines is 1. The number of rotatable bonds is 5. The van der Waals surface area contributed by atoms with Crippen molar-refractivity contribution in [2.75, 3.05) is 5.32 Å². The van der Waals surface area contributed by atoms with Crippen LogP contribution in [-0.2, 0) is 11.2 Å². The highest BCUT2D eigenvalue weighted by atomic mass is 32.1. The van der Waals surface area contributed by atoms with Crippen molar-refractivity contribution in [2.24, 2.45) is 5.73 Å². The van der Waals surface area contributed by atoms with Crippen LogP contribution in [0.3, 0.4) is 0 Å². The molecule has 3 aromatic rings. The Morgan fingerprint density at radius 2 is 2.04 bits per heavy atom. The van der Waals surface area contributed by atoms with Crippen molar-refractivity contribution in [1.82, 2.24) is 9.55 Å². The first-order valence-corrected chi connectivity index (χ1v) is 7.88. The number of hydrogen-bond donors (Lipinski definition) is 2. The van der Waals surface area contributed by atoms with Crippen molar-refractivity contribution in [3.63, 3.8) is 0 Å². The van der Waals surface area contributed by atoms with Gasteiger partial charge < -0.3 is 10.3 Å². The lowest BCUT2D eigenvalue weighted by Crippen LogP contribution is -2.15. The quantitative estimate of drug-likeness (QED) is 0.744. The Balaban J connectivity index is 1.74. The largest absolute Gasteiger partial charge is 0.369 e. The van der Waals surface area contributed by atoms with E-state index in [9.17, 15) is 14.0 Å². The first-order chi connectivity index (χ1) is 11.5. The van der Waals surface area contributed by atoms with Gasteiger partial charge in [-0.15, -0.1) is 11.3 Å². The number of amides is 2. The predicted molar refractivity (Wildman–Crippen MR) is 88.7 cm³/mol. The van der Waals surface area contributed by atoms with Crippen molar-refractivity contribution in [3.05, 3.63) is 65.2 Å². The maximum Gasteiger partial charge on any atom is 0.257 e. The van der Waals surface area contributed by atoms with E-state index in [1.165, 1.54) is 29.5 Å². The van der Waals surface area contributed by atoms with Gasteiger partial charge in [0.2, 0.25) is 5.91 Å². The highest BCUT2D eigenvalue weighted by molar-refractivity contribution is 7.14. The fourth-order valence-corrected chi connectivity index (χ4v) is 2.85. The van der Waals surface area contributed by atoms with Crippen LogP contribution in [0.1, 0.15) is 16.1 Å². The van der Waals surface area contributed by atoms with Crippen LogP contribution in [0.2, 0.25) is 0 Å². The molecule has 1 aromatic carbocycles. The molecule has 2 aromatic heterocycles. The standard InChI is InChI=1S/C16H13FN4O2S/c17-12-7-10(3-4-13(12)21-5-1-2-6-21)15(23)20-16-19-11(9-24-16)8-14(18)22/h1-7,9H,8H2,(H2,18,22)(H,19,20,23). The number of carbonyl (C=O) groups is 2. The third-order valence-corrected chi connectivity index (χ3v) is 4.03. The molecule has 3 rings (SSSR count). The Hall–Kier alpha value is -3.00. The Bertz CT molecular complexity index is 889.